The summed E-state index contributed by atoms with van der Waals surface area (Å²) in [5, 5.41) is 4.81. The molecule has 2 aliphatic rings. The molecule has 1 saturated heterocycles. The second-order valence-corrected chi connectivity index (χ2v) is 9.49. The van der Waals surface area contributed by atoms with Gasteiger partial charge in [-0.1, -0.05) is 12.8 Å². The molecule has 1 N–H and O–H groups in total. The third-order valence-corrected chi connectivity index (χ3v) is 7.61. The molecule has 8 heteroatoms. The zero-order valence-corrected chi connectivity index (χ0v) is 19.4. The van der Waals surface area contributed by atoms with Gasteiger partial charge in [0.1, 0.15) is 10.8 Å². The van der Waals surface area contributed by atoms with Crippen LogP contribution in [0.25, 0.3) is 0 Å². The Morgan fingerprint density at radius 1 is 1.06 bits per heavy atom. The molecule has 0 saturated carbocycles. The molecule has 2 aromatic rings. The van der Waals surface area contributed by atoms with Crippen LogP contribution in [0.15, 0.2) is 24.3 Å². The van der Waals surface area contributed by atoms with Gasteiger partial charge in [-0.25, -0.2) is 9.18 Å². The van der Waals surface area contributed by atoms with Crippen molar-refractivity contribution in [2.75, 3.05) is 43.5 Å². The molecule has 0 atom stereocenters. The van der Waals surface area contributed by atoms with E-state index in [2.05, 4.69) is 15.1 Å². The van der Waals surface area contributed by atoms with Gasteiger partial charge in [-0.15, -0.1) is 11.3 Å². The molecule has 166 valence electrons. The molecule has 31 heavy (non-hydrogen) atoms. The van der Waals surface area contributed by atoms with Crippen LogP contribution >= 0.6 is 23.6 Å². The lowest BCUT2D eigenvalue weighted by molar-refractivity contribution is 0.0601. The van der Waals surface area contributed by atoms with Crippen molar-refractivity contribution in [3.8, 4) is 0 Å². The number of methoxy groups -OCH3 is 1. The highest BCUT2D eigenvalue weighted by atomic mass is 32.1. The van der Waals surface area contributed by atoms with Crippen LogP contribution in [0.1, 0.15) is 46.5 Å². The number of fused-ring (bicyclic) bond motifs is 1. The molecule has 4 rings (SSSR count). The predicted octanol–water partition coefficient (Wildman–Crippen LogP) is 4.85. The Labute approximate surface area is 192 Å². The van der Waals surface area contributed by atoms with E-state index >= 15 is 0 Å². The van der Waals surface area contributed by atoms with Crippen LogP contribution in [-0.2, 0) is 17.6 Å². The molecule has 1 aromatic carbocycles. The van der Waals surface area contributed by atoms with E-state index in [0.29, 0.717) is 10.7 Å². The molecule has 0 spiro atoms. The number of carbonyl (C=O) groups is 1. The van der Waals surface area contributed by atoms with E-state index in [0.717, 1.165) is 68.1 Å². The van der Waals surface area contributed by atoms with Crippen LogP contribution in [0.4, 0.5) is 15.1 Å². The predicted molar refractivity (Wildman–Crippen MR) is 128 cm³/mol. The van der Waals surface area contributed by atoms with Crippen molar-refractivity contribution >= 4 is 45.3 Å². The second-order valence-electron chi connectivity index (χ2n) is 7.99. The highest BCUT2D eigenvalue weighted by molar-refractivity contribution is 7.80. The van der Waals surface area contributed by atoms with E-state index in [1.165, 1.54) is 37.0 Å². The number of rotatable bonds is 3. The topological polar surface area (TPSA) is 44.8 Å². The minimum Gasteiger partial charge on any atom is -0.465 e. The number of piperazine rings is 1. The Morgan fingerprint density at radius 3 is 2.42 bits per heavy atom. The van der Waals surface area contributed by atoms with E-state index in [1.807, 2.05) is 12.1 Å². The maximum Gasteiger partial charge on any atom is 0.341 e. The molecule has 2 heterocycles. The molecule has 0 amide bonds. The Balaban J connectivity index is 1.45. The lowest BCUT2D eigenvalue weighted by atomic mass is 9.96. The fourth-order valence-electron chi connectivity index (χ4n) is 4.32. The van der Waals surface area contributed by atoms with Crippen molar-refractivity contribution in [3.63, 3.8) is 0 Å². The average Bonchev–Trinajstić information content (AvgIpc) is 3.09. The standard InChI is InChI=1S/C23H28FN3O2S2/c1-29-22(28)20-18-6-4-2-3-5-7-19(18)31-21(20)25-23(30)27-14-12-26(13-15-27)17-10-8-16(24)9-11-17/h8-11H,2-7,12-15H2,1H3,(H,25,30). The van der Waals surface area contributed by atoms with Crippen LogP contribution in [-0.4, -0.2) is 49.3 Å². The van der Waals surface area contributed by atoms with Gasteiger partial charge in [0, 0.05) is 36.7 Å². The maximum atomic E-state index is 13.2. The minimum atomic E-state index is -0.287. The summed E-state index contributed by atoms with van der Waals surface area (Å²) in [6, 6.07) is 6.60. The molecular formula is C23H28FN3O2S2. The first-order valence-corrected chi connectivity index (χ1v) is 12.1. The molecule has 0 bridgehead atoms. The number of nitrogens with zero attached hydrogens (tertiary/aromatic N) is 2. The third kappa shape index (κ3) is 5.01. The van der Waals surface area contributed by atoms with Crippen molar-refractivity contribution in [2.45, 2.75) is 38.5 Å². The summed E-state index contributed by atoms with van der Waals surface area (Å²) in [4.78, 5) is 18.2. The fraction of sp³-hybridized carbons (Fsp3) is 0.478. The monoisotopic (exact) mass is 461 g/mol. The SMILES string of the molecule is COC(=O)c1c(NC(=S)N2CCN(c3ccc(F)cc3)CC2)sc2c1CCCCCC2. The fourth-order valence-corrected chi connectivity index (χ4v) is 5.95. The largest absolute Gasteiger partial charge is 0.465 e. The summed E-state index contributed by atoms with van der Waals surface area (Å²) in [6.45, 7) is 3.14. The maximum absolute atomic E-state index is 13.2. The summed E-state index contributed by atoms with van der Waals surface area (Å²) in [7, 11) is 1.44. The summed E-state index contributed by atoms with van der Waals surface area (Å²) < 4.78 is 18.3. The van der Waals surface area contributed by atoms with Crippen LogP contribution < -0.4 is 10.2 Å². The number of carbonyl (C=O) groups excluding carboxylic acids is 1. The van der Waals surface area contributed by atoms with Gasteiger partial charge in [-0.05, 0) is 67.7 Å². The number of thiocarbonyl (C=S) groups is 1. The van der Waals surface area contributed by atoms with E-state index in [-0.39, 0.29) is 11.8 Å². The third-order valence-electron chi connectivity index (χ3n) is 6.04. The highest BCUT2D eigenvalue weighted by Gasteiger charge is 2.27. The van der Waals surface area contributed by atoms with E-state index in [9.17, 15) is 9.18 Å². The van der Waals surface area contributed by atoms with Crippen LogP contribution in [0.3, 0.4) is 0 Å². The van der Waals surface area contributed by atoms with Crippen molar-refractivity contribution in [2.24, 2.45) is 0 Å². The number of ether oxygens (including phenoxy) is 1. The first kappa shape index (κ1) is 22.0. The summed E-state index contributed by atoms with van der Waals surface area (Å²) in [5.74, 6) is -0.510. The molecule has 0 unspecified atom stereocenters. The highest BCUT2D eigenvalue weighted by Crippen LogP contribution is 2.37. The number of thiophene rings is 1. The van der Waals surface area contributed by atoms with Crippen LogP contribution in [0.2, 0.25) is 0 Å². The number of benzene rings is 1. The first-order chi connectivity index (χ1) is 15.1. The lowest BCUT2D eigenvalue weighted by Crippen LogP contribution is -2.50. The molecule has 0 radical (unpaired) electrons. The van der Waals surface area contributed by atoms with E-state index in [1.54, 1.807) is 11.3 Å². The van der Waals surface area contributed by atoms with Crippen LogP contribution in [0, 0.1) is 5.82 Å². The van der Waals surface area contributed by atoms with Gasteiger partial charge in [0.25, 0.3) is 0 Å². The number of nitrogens with one attached hydrogen (secondary N) is 1. The number of esters is 1. The number of hydrogen-bond donors (Lipinski definition) is 1. The van der Waals surface area contributed by atoms with Crippen molar-refractivity contribution in [1.82, 2.24) is 4.90 Å². The summed E-state index contributed by atoms with van der Waals surface area (Å²) >= 11 is 7.35. The van der Waals surface area contributed by atoms with E-state index in [4.69, 9.17) is 17.0 Å². The molecule has 1 aliphatic heterocycles. The van der Waals surface area contributed by atoms with Gasteiger partial charge in [0.05, 0.1) is 12.7 Å². The van der Waals surface area contributed by atoms with E-state index < -0.39 is 0 Å². The van der Waals surface area contributed by atoms with Gasteiger partial charge >= 0.3 is 5.97 Å². The number of halogens is 1. The Bertz CT molecular complexity index is 937. The Hall–Kier alpha value is -2.19. The molecule has 1 aromatic heterocycles. The van der Waals surface area contributed by atoms with Gasteiger partial charge < -0.3 is 19.9 Å². The Morgan fingerprint density at radius 2 is 1.74 bits per heavy atom. The number of hydrogen-bond acceptors (Lipinski definition) is 5. The number of anilines is 2. The molecule has 1 fully saturated rings. The van der Waals surface area contributed by atoms with Crippen molar-refractivity contribution in [1.29, 1.82) is 0 Å². The summed E-state index contributed by atoms with van der Waals surface area (Å²) in [6.07, 6.45) is 6.63. The normalized spacial score (nSPS) is 16.8. The van der Waals surface area contributed by atoms with Crippen LogP contribution in [0.5, 0.6) is 0 Å². The average molecular weight is 462 g/mol. The molecule has 5 nitrogen and oxygen atoms in total. The lowest BCUT2D eigenvalue weighted by Gasteiger charge is -2.37. The molecule has 1 aliphatic carbocycles. The smallest absolute Gasteiger partial charge is 0.341 e. The Kier molecular flexibility index (Phi) is 7.07. The number of aryl methyl sites for hydroxylation is 1. The summed E-state index contributed by atoms with van der Waals surface area (Å²) in [5.41, 5.74) is 2.82. The quantitative estimate of drug-likeness (QED) is 0.521. The zero-order valence-electron chi connectivity index (χ0n) is 17.8. The van der Waals surface area contributed by atoms with Gasteiger partial charge in [0.15, 0.2) is 5.11 Å². The van der Waals surface area contributed by atoms with Gasteiger partial charge in [-0.2, -0.15) is 0 Å². The van der Waals surface area contributed by atoms with Gasteiger partial charge in [0.2, 0.25) is 0 Å². The zero-order chi connectivity index (χ0) is 21.8. The minimum absolute atomic E-state index is 0.223. The molecular weight excluding hydrogens is 433 g/mol. The van der Waals surface area contributed by atoms with Gasteiger partial charge in [-0.3, -0.25) is 0 Å². The first-order valence-electron chi connectivity index (χ1n) is 10.9. The van der Waals surface area contributed by atoms with Crippen molar-refractivity contribution in [3.05, 3.63) is 46.1 Å². The second kappa shape index (κ2) is 9.96. The van der Waals surface area contributed by atoms with Crippen molar-refractivity contribution < 1.29 is 13.9 Å².